The van der Waals surface area contributed by atoms with Crippen molar-refractivity contribution in [3.63, 3.8) is 0 Å². The van der Waals surface area contributed by atoms with Crippen molar-refractivity contribution in [2.45, 2.75) is 26.5 Å². The van der Waals surface area contributed by atoms with Crippen LogP contribution in [-0.4, -0.2) is 23.1 Å². The molecule has 4 heteroatoms. The summed E-state index contributed by atoms with van der Waals surface area (Å²) in [5.74, 6) is 0. The molecule has 0 heterocycles. The Kier molecular flexibility index (Phi) is 7.39. The number of hydrogen-bond acceptors (Lipinski definition) is 3. The fraction of sp³-hybridized carbons (Fsp3) is 0.333. The molecular formula is C18H25ClN2O. The Bertz CT molecular complexity index is 572. The van der Waals surface area contributed by atoms with Gasteiger partial charge in [-0.05, 0) is 36.7 Å². The van der Waals surface area contributed by atoms with Crippen LogP contribution < -0.4 is 5.73 Å². The maximum Gasteiger partial charge on any atom is 0.0917 e. The molecule has 0 amide bonds. The Morgan fingerprint density at radius 1 is 1.14 bits per heavy atom. The summed E-state index contributed by atoms with van der Waals surface area (Å²) in [6, 6.07) is 16.0. The van der Waals surface area contributed by atoms with Gasteiger partial charge in [0.25, 0.3) is 0 Å². The van der Waals surface area contributed by atoms with Gasteiger partial charge >= 0.3 is 0 Å². The maximum absolute atomic E-state index is 10.4. The number of aliphatic hydroxyl groups excluding tert-OH is 1. The van der Waals surface area contributed by atoms with Crippen molar-refractivity contribution in [2.24, 2.45) is 0 Å². The highest BCUT2D eigenvalue weighted by atomic mass is 35.5. The largest absolute Gasteiger partial charge is 0.399 e. The summed E-state index contributed by atoms with van der Waals surface area (Å²) in [6.07, 6.45) is -0.466. The number of nitrogen functional groups attached to an aromatic ring is 1. The molecule has 0 saturated heterocycles. The third-order valence-corrected chi connectivity index (χ3v) is 3.70. The molecule has 3 nitrogen and oxygen atoms in total. The zero-order valence-electron chi connectivity index (χ0n) is 13.2. The van der Waals surface area contributed by atoms with Gasteiger partial charge in [-0.25, -0.2) is 0 Å². The van der Waals surface area contributed by atoms with E-state index in [1.807, 2.05) is 49.4 Å². The number of nitrogens with zero attached hydrogens (tertiary/aromatic N) is 1. The van der Waals surface area contributed by atoms with Gasteiger partial charge in [0.05, 0.1) is 6.10 Å². The van der Waals surface area contributed by atoms with Crippen molar-refractivity contribution in [2.75, 3.05) is 18.8 Å². The number of anilines is 1. The fourth-order valence-corrected chi connectivity index (χ4v) is 2.39. The first-order valence-electron chi connectivity index (χ1n) is 7.40. The molecule has 1 unspecified atom stereocenters. The summed E-state index contributed by atoms with van der Waals surface area (Å²) >= 11 is 0. The molecule has 0 aliphatic heterocycles. The minimum Gasteiger partial charge on any atom is -0.399 e. The van der Waals surface area contributed by atoms with E-state index in [-0.39, 0.29) is 12.4 Å². The van der Waals surface area contributed by atoms with Crippen LogP contribution in [0.2, 0.25) is 0 Å². The average molecular weight is 321 g/mol. The molecule has 22 heavy (non-hydrogen) atoms. The zero-order chi connectivity index (χ0) is 15.2. The number of rotatable bonds is 6. The smallest absolute Gasteiger partial charge is 0.0917 e. The van der Waals surface area contributed by atoms with Gasteiger partial charge in [-0.1, -0.05) is 48.9 Å². The third-order valence-electron chi connectivity index (χ3n) is 3.70. The summed E-state index contributed by atoms with van der Waals surface area (Å²) in [5.41, 5.74) is 9.94. The van der Waals surface area contributed by atoms with Crippen molar-refractivity contribution >= 4 is 18.1 Å². The lowest BCUT2D eigenvalue weighted by Crippen LogP contribution is -2.28. The van der Waals surface area contributed by atoms with Crippen LogP contribution in [0.5, 0.6) is 0 Å². The summed E-state index contributed by atoms with van der Waals surface area (Å²) in [4.78, 5) is 2.22. The number of aryl methyl sites for hydroxylation is 1. The molecule has 0 aromatic heterocycles. The van der Waals surface area contributed by atoms with Crippen LogP contribution in [-0.2, 0) is 6.54 Å². The molecule has 0 fully saturated rings. The predicted molar refractivity (Wildman–Crippen MR) is 95.2 cm³/mol. The van der Waals surface area contributed by atoms with E-state index in [0.717, 1.165) is 24.3 Å². The van der Waals surface area contributed by atoms with E-state index in [4.69, 9.17) is 5.73 Å². The van der Waals surface area contributed by atoms with Crippen LogP contribution in [0, 0.1) is 6.92 Å². The Balaban J connectivity index is 0.00000242. The summed E-state index contributed by atoms with van der Waals surface area (Å²) in [5, 5.41) is 10.4. The molecule has 0 saturated carbocycles. The van der Waals surface area contributed by atoms with E-state index >= 15 is 0 Å². The first-order valence-corrected chi connectivity index (χ1v) is 7.40. The van der Waals surface area contributed by atoms with Gasteiger partial charge in [0.2, 0.25) is 0 Å². The molecule has 0 radical (unpaired) electrons. The Labute approximate surface area is 139 Å². The number of aliphatic hydroxyl groups is 1. The molecule has 3 N–H and O–H groups in total. The van der Waals surface area contributed by atoms with E-state index in [1.54, 1.807) is 0 Å². The monoisotopic (exact) mass is 320 g/mol. The van der Waals surface area contributed by atoms with E-state index in [0.29, 0.717) is 6.54 Å². The topological polar surface area (TPSA) is 49.5 Å². The number of hydrogen-bond donors (Lipinski definition) is 2. The van der Waals surface area contributed by atoms with Crippen LogP contribution >= 0.6 is 12.4 Å². The molecule has 2 aromatic rings. The Hall–Kier alpha value is -1.55. The number of nitrogens with two attached hydrogens (primary N) is 1. The van der Waals surface area contributed by atoms with Crippen molar-refractivity contribution in [3.8, 4) is 0 Å². The van der Waals surface area contributed by atoms with Gasteiger partial charge < -0.3 is 10.8 Å². The molecule has 0 spiro atoms. The molecule has 1 atom stereocenters. The first-order chi connectivity index (χ1) is 10.1. The first kappa shape index (κ1) is 18.5. The van der Waals surface area contributed by atoms with Gasteiger partial charge in [0.1, 0.15) is 0 Å². The van der Waals surface area contributed by atoms with Crippen molar-refractivity contribution in [3.05, 3.63) is 65.2 Å². The second-order valence-electron chi connectivity index (χ2n) is 5.50. The van der Waals surface area contributed by atoms with Crippen molar-refractivity contribution < 1.29 is 5.11 Å². The van der Waals surface area contributed by atoms with E-state index < -0.39 is 6.10 Å². The SMILES string of the molecule is CCN(Cc1cccc(N)c1)CC(O)c1ccc(C)cc1.Cl. The molecule has 120 valence electrons. The predicted octanol–water partition coefficient (Wildman–Crippen LogP) is 3.55. The molecule has 0 bridgehead atoms. The van der Waals surface area contributed by atoms with Gasteiger partial charge in [-0.15, -0.1) is 12.4 Å². The van der Waals surface area contributed by atoms with Crippen molar-refractivity contribution in [1.29, 1.82) is 0 Å². The highest BCUT2D eigenvalue weighted by Gasteiger charge is 2.12. The van der Waals surface area contributed by atoms with E-state index in [1.165, 1.54) is 11.1 Å². The lowest BCUT2D eigenvalue weighted by atomic mass is 10.1. The van der Waals surface area contributed by atoms with Crippen LogP contribution in [0.3, 0.4) is 0 Å². The van der Waals surface area contributed by atoms with Gasteiger partial charge in [-0.3, -0.25) is 4.90 Å². The minimum atomic E-state index is -0.466. The number of halogens is 1. The second-order valence-corrected chi connectivity index (χ2v) is 5.50. The maximum atomic E-state index is 10.4. The molecule has 0 aliphatic rings. The van der Waals surface area contributed by atoms with Crippen LogP contribution in [0.4, 0.5) is 5.69 Å². The Morgan fingerprint density at radius 2 is 1.82 bits per heavy atom. The number of likely N-dealkylation sites (N-methyl/N-ethyl adjacent to an activating group) is 1. The standard InChI is InChI=1S/C18H24N2O.ClH/c1-3-20(12-15-5-4-6-17(19)11-15)13-18(21)16-9-7-14(2)8-10-16;/h4-11,18,21H,3,12-13,19H2,1-2H3;1H. The highest BCUT2D eigenvalue weighted by Crippen LogP contribution is 2.17. The molecule has 2 rings (SSSR count). The quantitative estimate of drug-likeness (QED) is 0.800. The zero-order valence-corrected chi connectivity index (χ0v) is 14.0. The van der Waals surface area contributed by atoms with Crippen molar-refractivity contribution in [1.82, 2.24) is 4.90 Å². The highest BCUT2D eigenvalue weighted by molar-refractivity contribution is 5.85. The van der Waals surface area contributed by atoms with Gasteiger partial charge in [-0.2, -0.15) is 0 Å². The van der Waals surface area contributed by atoms with Crippen LogP contribution in [0.1, 0.15) is 29.7 Å². The van der Waals surface area contributed by atoms with Crippen LogP contribution in [0.15, 0.2) is 48.5 Å². The van der Waals surface area contributed by atoms with E-state index in [2.05, 4.69) is 17.9 Å². The lowest BCUT2D eigenvalue weighted by molar-refractivity contribution is 0.112. The molecule has 0 aliphatic carbocycles. The van der Waals surface area contributed by atoms with Gasteiger partial charge in [0, 0.05) is 18.8 Å². The summed E-state index contributed by atoms with van der Waals surface area (Å²) in [6.45, 7) is 6.46. The third kappa shape index (κ3) is 5.34. The van der Waals surface area contributed by atoms with Gasteiger partial charge in [0.15, 0.2) is 0 Å². The summed E-state index contributed by atoms with van der Waals surface area (Å²) in [7, 11) is 0. The average Bonchev–Trinajstić information content (AvgIpc) is 2.47. The summed E-state index contributed by atoms with van der Waals surface area (Å²) < 4.78 is 0. The van der Waals surface area contributed by atoms with Crippen LogP contribution in [0.25, 0.3) is 0 Å². The molecular weight excluding hydrogens is 296 g/mol. The number of benzene rings is 2. The fourth-order valence-electron chi connectivity index (χ4n) is 2.39. The minimum absolute atomic E-state index is 0. The Morgan fingerprint density at radius 3 is 2.41 bits per heavy atom. The normalized spacial score (nSPS) is 12.0. The second kappa shape index (κ2) is 8.79. The van der Waals surface area contributed by atoms with E-state index in [9.17, 15) is 5.11 Å². The molecule has 2 aromatic carbocycles. The lowest BCUT2D eigenvalue weighted by Gasteiger charge is -2.24.